The molecule has 1 aromatic carbocycles. The number of nitrogens with zero attached hydrogens (tertiary/aromatic N) is 1. The Morgan fingerprint density at radius 1 is 1.17 bits per heavy atom. The Bertz CT molecular complexity index is 1020. The molecule has 5 nitrogen and oxygen atoms in total. The number of thiophene rings is 1. The first kappa shape index (κ1) is 20.2. The number of rotatable bonds is 6. The van der Waals surface area contributed by atoms with Gasteiger partial charge in [-0.2, -0.15) is 0 Å². The van der Waals surface area contributed by atoms with E-state index in [4.69, 9.17) is 0 Å². The second-order valence-electron chi connectivity index (χ2n) is 7.46. The molecule has 1 saturated carbocycles. The maximum absolute atomic E-state index is 12.7. The molecule has 152 valence electrons. The number of benzene rings is 1. The number of amides is 1. The summed E-state index contributed by atoms with van der Waals surface area (Å²) in [6, 6.07) is 10.2. The summed E-state index contributed by atoms with van der Waals surface area (Å²) in [5.41, 5.74) is 1.82. The van der Waals surface area contributed by atoms with Crippen LogP contribution < -0.4 is 10.9 Å². The third-order valence-electron chi connectivity index (χ3n) is 5.27. The van der Waals surface area contributed by atoms with Gasteiger partial charge in [0.05, 0.1) is 16.9 Å². The van der Waals surface area contributed by atoms with Crippen molar-refractivity contribution in [1.29, 1.82) is 0 Å². The number of fused-ring (bicyclic) bond motifs is 1. The summed E-state index contributed by atoms with van der Waals surface area (Å²) in [4.78, 5) is 33.2. The van der Waals surface area contributed by atoms with Gasteiger partial charge in [0.2, 0.25) is 5.91 Å². The normalized spacial score (nSPS) is 15.3. The van der Waals surface area contributed by atoms with E-state index in [0.29, 0.717) is 28.8 Å². The second-order valence-corrected chi connectivity index (χ2v) is 9.30. The van der Waals surface area contributed by atoms with E-state index in [9.17, 15) is 9.59 Å². The SMILES string of the molecule is O=C(CSCc1nc2scc(-c3ccccc3)c2c(=O)[nH]1)NC1CCCCCC1. The summed E-state index contributed by atoms with van der Waals surface area (Å²) in [7, 11) is 0. The maximum Gasteiger partial charge on any atom is 0.260 e. The van der Waals surface area contributed by atoms with Crippen molar-refractivity contribution in [2.75, 3.05) is 5.75 Å². The molecule has 0 aliphatic heterocycles. The van der Waals surface area contributed by atoms with Gasteiger partial charge in [-0.05, 0) is 18.4 Å². The van der Waals surface area contributed by atoms with Crippen molar-refractivity contribution in [3.63, 3.8) is 0 Å². The molecule has 0 saturated heterocycles. The fraction of sp³-hybridized carbons (Fsp3) is 0.409. The first-order valence-corrected chi connectivity index (χ1v) is 12.2. The van der Waals surface area contributed by atoms with E-state index >= 15 is 0 Å². The lowest BCUT2D eigenvalue weighted by molar-refractivity contribution is -0.119. The third kappa shape index (κ3) is 5.08. The van der Waals surface area contributed by atoms with Crippen molar-refractivity contribution in [1.82, 2.24) is 15.3 Å². The average molecular weight is 428 g/mol. The van der Waals surface area contributed by atoms with Gasteiger partial charge in [-0.3, -0.25) is 9.59 Å². The molecule has 3 aromatic rings. The highest BCUT2D eigenvalue weighted by Crippen LogP contribution is 2.30. The summed E-state index contributed by atoms with van der Waals surface area (Å²) in [5.74, 6) is 1.60. The Morgan fingerprint density at radius 3 is 2.69 bits per heavy atom. The second kappa shape index (κ2) is 9.59. The highest BCUT2D eigenvalue weighted by molar-refractivity contribution is 7.99. The van der Waals surface area contributed by atoms with Crippen LogP contribution in [-0.4, -0.2) is 27.7 Å². The number of hydrogen-bond donors (Lipinski definition) is 2. The Labute approximate surface area is 178 Å². The van der Waals surface area contributed by atoms with Crippen LogP contribution in [0.2, 0.25) is 0 Å². The molecule has 2 N–H and O–H groups in total. The van der Waals surface area contributed by atoms with Crippen LogP contribution in [0.5, 0.6) is 0 Å². The Kier molecular flexibility index (Phi) is 6.67. The topological polar surface area (TPSA) is 74.8 Å². The van der Waals surface area contributed by atoms with E-state index < -0.39 is 0 Å². The van der Waals surface area contributed by atoms with E-state index in [2.05, 4.69) is 15.3 Å². The van der Waals surface area contributed by atoms with Crippen molar-refractivity contribution in [2.45, 2.75) is 50.3 Å². The van der Waals surface area contributed by atoms with Gasteiger partial charge in [0.25, 0.3) is 5.56 Å². The van der Waals surface area contributed by atoms with Crippen LogP contribution in [0.25, 0.3) is 21.3 Å². The van der Waals surface area contributed by atoms with Gasteiger partial charge in [-0.1, -0.05) is 56.0 Å². The van der Waals surface area contributed by atoms with E-state index in [1.54, 1.807) is 0 Å². The minimum atomic E-state index is -0.117. The Hall–Kier alpha value is -2.12. The molecule has 1 aliphatic carbocycles. The van der Waals surface area contributed by atoms with Crippen LogP contribution in [0.4, 0.5) is 0 Å². The van der Waals surface area contributed by atoms with Gasteiger partial charge in [0, 0.05) is 17.0 Å². The van der Waals surface area contributed by atoms with Crippen LogP contribution >= 0.6 is 23.1 Å². The van der Waals surface area contributed by atoms with Crippen molar-refractivity contribution < 1.29 is 4.79 Å². The van der Waals surface area contributed by atoms with Gasteiger partial charge in [0.1, 0.15) is 10.7 Å². The predicted molar refractivity (Wildman–Crippen MR) is 121 cm³/mol. The zero-order valence-electron chi connectivity index (χ0n) is 16.3. The molecule has 29 heavy (non-hydrogen) atoms. The molecule has 0 radical (unpaired) electrons. The molecule has 2 aromatic heterocycles. The molecule has 0 unspecified atom stereocenters. The van der Waals surface area contributed by atoms with E-state index in [1.165, 1.54) is 48.8 Å². The largest absolute Gasteiger partial charge is 0.353 e. The monoisotopic (exact) mass is 427 g/mol. The van der Waals surface area contributed by atoms with Crippen LogP contribution in [0.1, 0.15) is 44.3 Å². The van der Waals surface area contributed by atoms with Crippen LogP contribution in [0.3, 0.4) is 0 Å². The summed E-state index contributed by atoms with van der Waals surface area (Å²) in [6.45, 7) is 0. The number of nitrogens with one attached hydrogen (secondary N) is 2. The van der Waals surface area contributed by atoms with Gasteiger partial charge in [-0.25, -0.2) is 4.98 Å². The summed E-state index contributed by atoms with van der Waals surface area (Å²) >= 11 is 2.97. The van der Waals surface area contributed by atoms with E-state index in [1.807, 2.05) is 35.7 Å². The molecule has 2 heterocycles. The van der Waals surface area contributed by atoms with Crippen molar-refractivity contribution in [2.24, 2.45) is 0 Å². The minimum Gasteiger partial charge on any atom is -0.353 e. The van der Waals surface area contributed by atoms with Gasteiger partial charge < -0.3 is 10.3 Å². The van der Waals surface area contributed by atoms with E-state index in [0.717, 1.165) is 28.8 Å². The van der Waals surface area contributed by atoms with Gasteiger partial charge in [-0.15, -0.1) is 23.1 Å². The van der Waals surface area contributed by atoms with Crippen LogP contribution in [0.15, 0.2) is 40.5 Å². The standard InChI is InChI=1S/C22H25N3O2S2/c26-19(23-16-10-6-1-2-7-11-16)14-28-13-18-24-21(27)20-17(12-29-22(20)25-18)15-8-4-3-5-9-15/h3-5,8-9,12,16H,1-2,6-7,10-11,13-14H2,(H,23,26)(H,24,25,27). The number of aromatic amines is 1. The Morgan fingerprint density at radius 2 is 1.93 bits per heavy atom. The number of carbonyl (C=O) groups is 1. The number of carbonyl (C=O) groups excluding carboxylic acids is 1. The first-order chi connectivity index (χ1) is 14.2. The van der Waals surface area contributed by atoms with Crippen molar-refractivity contribution >= 4 is 39.2 Å². The molecule has 1 aliphatic rings. The van der Waals surface area contributed by atoms with Gasteiger partial charge >= 0.3 is 0 Å². The lowest BCUT2D eigenvalue weighted by Crippen LogP contribution is -2.35. The lowest BCUT2D eigenvalue weighted by Gasteiger charge is -2.15. The molecule has 7 heteroatoms. The number of hydrogen-bond acceptors (Lipinski definition) is 5. The van der Waals surface area contributed by atoms with Crippen LogP contribution in [-0.2, 0) is 10.5 Å². The number of thioether (sulfide) groups is 1. The van der Waals surface area contributed by atoms with Crippen LogP contribution in [0, 0.1) is 0 Å². The average Bonchev–Trinajstić information content (AvgIpc) is 2.99. The van der Waals surface area contributed by atoms with Crippen molar-refractivity contribution in [3.05, 3.63) is 51.9 Å². The molecular weight excluding hydrogens is 402 g/mol. The molecule has 0 spiro atoms. The van der Waals surface area contributed by atoms with Gasteiger partial charge in [0.15, 0.2) is 0 Å². The fourth-order valence-corrected chi connectivity index (χ4v) is 5.49. The zero-order valence-corrected chi connectivity index (χ0v) is 17.9. The molecule has 4 rings (SSSR count). The molecule has 0 bridgehead atoms. The Balaban J connectivity index is 1.38. The molecular formula is C22H25N3O2S2. The van der Waals surface area contributed by atoms with E-state index in [-0.39, 0.29) is 11.5 Å². The third-order valence-corrected chi connectivity index (χ3v) is 7.09. The smallest absolute Gasteiger partial charge is 0.260 e. The van der Waals surface area contributed by atoms with Crippen molar-refractivity contribution in [3.8, 4) is 11.1 Å². The highest BCUT2D eigenvalue weighted by atomic mass is 32.2. The molecule has 1 fully saturated rings. The summed E-state index contributed by atoms with van der Waals surface area (Å²) < 4.78 is 0. The molecule has 0 atom stereocenters. The summed E-state index contributed by atoms with van der Waals surface area (Å²) in [5, 5.41) is 5.78. The lowest BCUT2D eigenvalue weighted by atomic mass is 10.1. The number of H-pyrrole nitrogens is 1. The highest BCUT2D eigenvalue weighted by Gasteiger charge is 2.16. The first-order valence-electron chi connectivity index (χ1n) is 10.1. The summed E-state index contributed by atoms with van der Waals surface area (Å²) in [6.07, 6.45) is 7.13. The zero-order chi connectivity index (χ0) is 20.1. The quantitative estimate of drug-likeness (QED) is 0.558. The predicted octanol–water partition coefficient (Wildman–Crippen LogP) is 4.72. The molecule has 1 amide bonds. The minimum absolute atomic E-state index is 0.0767. The fourth-order valence-electron chi connectivity index (χ4n) is 3.83. The maximum atomic E-state index is 12.7. The number of aromatic nitrogens is 2.